The van der Waals surface area contributed by atoms with Gasteiger partial charge in [-0.25, -0.2) is 8.78 Å². The van der Waals surface area contributed by atoms with Crippen molar-refractivity contribution >= 4 is 0 Å². The Morgan fingerprint density at radius 3 is 2.50 bits per heavy atom. The molecule has 1 aliphatic heterocycles. The van der Waals surface area contributed by atoms with Crippen LogP contribution in [-0.4, -0.2) is 20.2 Å². The number of ether oxygens (including phenoxy) is 1. The fraction of sp³-hybridized carbons (Fsp3) is 0.625. The standard InChI is InChI=1S/C16H23F2NO/c1-11-8-13(10-12-4-6-19-7-5-12)15(20-3)14(9-11)16(2,17)18/h8-9,12,19H,4-7,10H2,1-3H3. The highest BCUT2D eigenvalue weighted by Crippen LogP contribution is 2.39. The zero-order valence-corrected chi connectivity index (χ0v) is 12.4. The lowest BCUT2D eigenvalue weighted by Gasteiger charge is -2.25. The number of hydrogen-bond acceptors (Lipinski definition) is 2. The summed E-state index contributed by atoms with van der Waals surface area (Å²) in [6.07, 6.45) is 3.00. The Bertz CT molecular complexity index is 462. The molecule has 0 amide bonds. The smallest absolute Gasteiger partial charge is 0.274 e. The van der Waals surface area contributed by atoms with Crippen LogP contribution in [0.3, 0.4) is 0 Å². The minimum Gasteiger partial charge on any atom is -0.496 e. The van der Waals surface area contributed by atoms with E-state index in [-0.39, 0.29) is 5.56 Å². The molecular formula is C16H23F2NO. The number of piperidine rings is 1. The number of halogens is 2. The van der Waals surface area contributed by atoms with E-state index in [2.05, 4.69) is 5.32 Å². The lowest BCUT2D eigenvalue weighted by Crippen LogP contribution is -2.28. The number of hydrogen-bond donors (Lipinski definition) is 1. The maximum atomic E-state index is 13.8. The fourth-order valence-corrected chi connectivity index (χ4v) is 2.96. The largest absolute Gasteiger partial charge is 0.496 e. The summed E-state index contributed by atoms with van der Waals surface area (Å²) in [5.74, 6) is -1.97. The molecule has 0 unspecified atom stereocenters. The lowest BCUT2D eigenvalue weighted by molar-refractivity contribution is 0.0148. The van der Waals surface area contributed by atoms with Crippen molar-refractivity contribution in [1.29, 1.82) is 0 Å². The van der Waals surface area contributed by atoms with Crippen LogP contribution in [0.25, 0.3) is 0 Å². The SMILES string of the molecule is COc1c(CC2CCNCC2)cc(C)cc1C(C)(F)F. The van der Waals surface area contributed by atoms with Gasteiger partial charge in [-0.2, -0.15) is 0 Å². The molecule has 0 saturated carbocycles. The molecule has 1 heterocycles. The molecule has 1 saturated heterocycles. The van der Waals surface area contributed by atoms with E-state index in [1.54, 1.807) is 0 Å². The minimum absolute atomic E-state index is 0.00364. The van der Waals surface area contributed by atoms with Crippen LogP contribution in [0.1, 0.15) is 36.5 Å². The average Bonchev–Trinajstić information content (AvgIpc) is 2.38. The third-order valence-electron chi connectivity index (χ3n) is 3.95. The molecule has 20 heavy (non-hydrogen) atoms. The molecule has 0 aromatic heterocycles. The average molecular weight is 283 g/mol. The van der Waals surface area contributed by atoms with Crippen molar-refractivity contribution in [3.8, 4) is 5.75 Å². The van der Waals surface area contributed by atoms with Crippen molar-refractivity contribution in [3.05, 3.63) is 28.8 Å². The van der Waals surface area contributed by atoms with Crippen LogP contribution in [0.15, 0.2) is 12.1 Å². The zero-order chi connectivity index (χ0) is 14.8. The fourth-order valence-electron chi connectivity index (χ4n) is 2.96. The summed E-state index contributed by atoms with van der Waals surface area (Å²) in [6.45, 7) is 4.81. The highest BCUT2D eigenvalue weighted by atomic mass is 19.3. The van der Waals surface area contributed by atoms with Crippen molar-refractivity contribution in [1.82, 2.24) is 5.32 Å². The van der Waals surface area contributed by atoms with Gasteiger partial charge in [0.15, 0.2) is 0 Å². The first-order valence-electron chi connectivity index (χ1n) is 7.18. The summed E-state index contributed by atoms with van der Waals surface area (Å²) in [7, 11) is 1.48. The van der Waals surface area contributed by atoms with Crippen molar-refractivity contribution in [2.24, 2.45) is 5.92 Å². The van der Waals surface area contributed by atoms with E-state index >= 15 is 0 Å². The number of alkyl halides is 2. The van der Waals surface area contributed by atoms with Gasteiger partial charge in [0.2, 0.25) is 0 Å². The van der Waals surface area contributed by atoms with Crippen LogP contribution < -0.4 is 10.1 Å². The molecule has 0 spiro atoms. The molecule has 2 rings (SSSR count). The zero-order valence-electron chi connectivity index (χ0n) is 12.4. The molecule has 4 heteroatoms. The number of aryl methyl sites for hydroxylation is 1. The third-order valence-corrected chi connectivity index (χ3v) is 3.95. The van der Waals surface area contributed by atoms with Gasteiger partial charge in [0.05, 0.1) is 12.7 Å². The summed E-state index contributed by atoms with van der Waals surface area (Å²) in [5.41, 5.74) is 1.78. The monoisotopic (exact) mass is 283 g/mol. The molecule has 1 aliphatic rings. The van der Waals surface area contributed by atoms with Crippen LogP contribution in [-0.2, 0) is 12.3 Å². The molecule has 0 bridgehead atoms. The van der Waals surface area contributed by atoms with Crippen LogP contribution in [0.5, 0.6) is 5.75 Å². The van der Waals surface area contributed by atoms with Gasteiger partial charge in [0.25, 0.3) is 5.92 Å². The van der Waals surface area contributed by atoms with E-state index in [4.69, 9.17) is 4.74 Å². The molecule has 2 nitrogen and oxygen atoms in total. The quantitative estimate of drug-likeness (QED) is 0.910. The lowest BCUT2D eigenvalue weighted by atomic mass is 9.88. The van der Waals surface area contributed by atoms with Gasteiger partial charge in [-0.05, 0) is 56.8 Å². The van der Waals surface area contributed by atoms with Gasteiger partial charge in [-0.15, -0.1) is 0 Å². The summed E-state index contributed by atoms with van der Waals surface area (Å²) in [6, 6.07) is 3.51. The van der Waals surface area contributed by atoms with Gasteiger partial charge in [-0.1, -0.05) is 11.6 Å². The van der Waals surface area contributed by atoms with E-state index in [1.165, 1.54) is 13.2 Å². The first kappa shape index (κ1) is 15.2. The molecule has 112 valence electrons. The van der Waals surface area contributed by atoms with Crippen molar-refractivity contribution in [2.75, 3.05) is 20.2 Å². The Labute approximate surface area is 119 Å². The number of benzene rings is 1. The summed E-state index contributed by atoms with van der Waals surface area (Å²) in [4.78, 5) is 0. The molecule has 1 aromatic carbocycles. The maximum absolute atomic E-state index is 13.8. The first-order chi connectivity index (χ1) is 9.41. The Kier molecular flexibility index (Phi) is 4.63. The number of nitrogens with one attached hydrogen (secondary N) is 1. The van der Waals surface area contributed by atoms with Crippen LogP contribution >= 0.6 is 0 Å². The molecular weight excluding hydrogens is 260 g/mol. The van der Waals surface area contributed by atoms with Gasteiger partial charge < -0.3 is 10.1 Å². The van der Waals surface area contributed by atoms with Gasteiger partial charge >= 0.3 is 0 Å². The van der Waals surface area contributed by atoms with Crippen LogP contribution in [0.4, 0.5) is 8.78 Å². The van der Waals surface area contributed by atoms with E-state index in [0.717, 1.165) is 50.4 Å². The van der Waals surface area contributed by atoms with Gasteiger partial charge in [0.1, 0.15) is 5.75 Å². The Morgan fingerprint density at radius 2 is 1.95 bits per heavy atom. The Hall–Kier alpha value is -1.16. The van der Waals surface area contributed by atoms with Crippen molar-refractivity contribution < 1.29 is 13.5 Å². The third kappa shape index (κ3) is 3.48. The van der Waals surface area contributed by atoms with Crippen LogP contribution in [0.2, 0.25) is 0 Å². The van der Waals surface area contributed by atoms with E-state index in [9.17, 15) is 8.78 Å². The minimum atomic E-state index is -2.87. The molecule has 1 aromatic rings. The van der Waals surface area contributed by atoms with E-state index in [0.29, 0.717) is 11.7 Å². The van der Waals surface area contributed by atoms with Crippen molar-refractivity contribution in [2.45, 2.75) is 39.0 Å². The molecule has 1 N–H and O–H groups in total. The number of rotatable bonds is 4. The topological polar surface area (TPSA) is 21.3 Å². The predicted octanol–water partition coefficient (Wildman–Crippen LogP) is 3.66. The molecule has 0 radical (unpaired) electrons. The predicted molar refractivity (Wildman–Crippen MR) is 76.6 cm³/mol. The second-order valence-electron chi connectivity index (χ2n) is 5.79. The second-order valence-corrected chi connectivity index (χ2v) is 5.79. The normalized spacial score (nSPS) is 17.2. The summed E-state index contributed by atoms with van der Waals surface area (Å²) < 4.78 is 32.8. The summed E-state index contributed by atoms with van der Waals surface area (Å²) in [5, 5.41) is 3.32. The Balaban J connectivity index is 2.33. The molecule has 1 fully saturated rings. The highest BCUT2D eigenvalue weighted by molar-refractivity contribution is 5.46. The number of methoxy groups -OCH3 is 1. The van der Waals surface area contributed by atoms with Crippen molar-refractivity contribution in [3.63, 3.8) is 0 Å². The van der Waals surface area contributed by atoms with E-state index < -0.39 is 5.92 Å². The van der Waals surface area contributed by atoms with Gasteiger partial charge in [-0.3, -0.25) is 0 Å². The highest BCUT2D eigenvalue weighted by Gasteiger charge is 2.30. The van der Waals surface area contributed by atoms with Gasteiger partial charge in [0, 0.05) is 6.92 Å². The maximum Gasteiger partial charge on any atom is 0.274 e. The second kappa shape index (κ2) is 6.08. The molecule has 0 atom stereocenters. The first-order valence-corrected chi connectivity index (χ1v) is 7.18. The van der Waals surface area contributed by atoms with Crippen LogP contribution in [0, 0.1) is 12.8 Å². The van der Waals surface area contributed by atoms with E-state index in [1.807, 2.05) is 13.0 Å². The molecule has 0 aliphatic carbocycles. The Morgan fingerprint density at radius 1 is 1.30 bits per heavy atom. The summed E-state index contributed by atoms with van der Waals surface area (Å²) >= 11 is 0.